The summed E-state index contributed by atoms with van der Waals surface area (Å²) in [5.74, 6) is -0.579. The van der Waals surface area contributed by atoms with Crippen molar-refractivity contribution >= 4 is 11.9 Å². The summed E-state index contributed by atoms with van der Waals surface area (Å²) in [4.78, 5) is 24.9. The van der Waals surface area contributed by atoms with Crippen molar-refractivity contribution in [2.75, 3.05) is 26.2 Å². The predicted octanol–water partition coefficient (Wildman–Crippen LogP) is 0.699. The number of carboxylic acid groups (broad SMARTS) is 1. The normalized spacial score (nSPS) is 29.0. The van der Waals surface area contributed by atoms with Crippen molar-refractivity contribution in [3.63, 3.8) is 0 Å². The van der Waals surface area contributed by atoms with Crippen LogP contribution >= 0.6 is 0 Å². The van der Waals surface area contributed by atoms with Gasteiger partial charge in [-0.05, 0) is 44.7 Å². The number of carboxylic acids is 1. The van der Waals surface area contributed by atoms with E-state index >= 15 is 0 Å². The molecule has 0 aromatic carbocycles. The lowest BCUT2D eigenvalue weighted by molar-refractivity contribution is -0.145. The minimum atomic E-state index is -0.771. The van der Waals surface area contributed by atoms with Gasteiger partial charge in [0.1, 0.15) is 0 Å². The summed E-state index contributed by atoms with van der Waals surface area (Å²) >= 11 is 0. The maximum Gasteiger partial charge on any atom is 0.308 e. The van der Waals surface area contributed by atoms with Gasteiger partial charge in [0.05, 0.1) is 5.92 Å². The molecule has 0 spiro atoms. The maximum absolute atomic E-state index is 12.1. The van der Waals surface area contributed by atoms with Crippen molar-refractivity contribution in [2.24, 2.45) is 11.8 Å². The molecule has 0 bridgehead atoms. The predicted molar refractivity (Wildman–Crippen MR) is 67.2 cm³/mol. The molecule has 2 atom stereocenters. The van der Waals surface area contributed by atoms with E-state index in [0.717, 1.165) is 38.9 Å². The second kappa shape index (κ2) is 6.18. The van der Waals surface area contributed by atoms with Gasteiger partial charge in [-0.15, -0.1) is 0 Å². The van der Waals surface area contributed by atoms with Crippen LogP contribution in [-0.2, 0) is 9.59 Å². The molecule has 1 amide bonds. The highest BCUT2D eigenvalue weighted by Gasteiger charge is 2.29. The Labute approximate surface area is 108 Å². The number of likely N-dealkylation sites (tertiary alicyclic amines) is 1. The van der Waals surface area contributed by atoms with E-state index in [1.807, 2.05) is 0 Å². The minimum Gasteiger partial charge on any atom is -0.481 e. The lowest BCUT2D eigenvalue weighted by Gasteiger charge is -2.32. The fraction of sp³-hybridized carbons (Fsp3) is 0.846. The SMILES string of the molecule is O=C(O)[C@@H]1CCCN(C(=O)CC2CCCNC2)C1. The number of nitrogens with one attached hydrogen (secondary N) is 1. The van der Waals surface area contributed by atoms with Crippen LogP contribution in [0.2, 0.25) is 0 Å². The Morgan fingerprint density at radius 3 is 2.78 bits per heavy atom. The Balaban J connectivity index is 1.82. The van der Waals surface area contributed by atoms with E-state index in [0.29, 0.717) is 25.3 Å². The average Bonchev–Trinajstić information content (AvgIpc) is 2.40. The van der Waals surface area contributed by atoms with Crippen molar-refractivity contribution in [3.05, 3.63) is 0 Å². The van der Waals surface area contributed by atoms with E-state index in [-0.39, 0.29) is 11.8 Å². The number of nitrogens with zero attached hydrogens (tertiary/aromatic N) is 1. The smallest absolute Gasteiger partial charge is 0.308 e. The van der Waals surface area contributed by atoms with Gasteiger partial charge in [-0.2, -0.15) is 0 Å². The van der Waals surface area contributed by atoms with Gasteiger partial charge in [-0.1, -0.05) is 0 Å². The molecule has 1 unspecified atom stereocenters. The Hall–Kier alpha value is -1.10. The van der Waals surface area contributed by atoms with E-state index in [4.69, 9.17) is 5.11 Å². The molecule has 102 valence electrons. The van der Waals surface area contributed by atoms with Crippen molar-refractivity contribution in [3.8, 4) is 0 Å². The summed E-state index contributed by atoms with van der Waals surface area (Å²) in [6.45, 7) is 3.09. The Bertz CT molecular complexity index is 313. The zero-order valence-electron chi connectivity index (χ0n) is 10.7. The van der Waals surface area contributed by atoms with Crippen LogP contribution in [0.15, 0.2) is 0 Å². The number of carbonyl (C=O) groups is 2. The number of piperidine rings is 2. The first-order valence-corrected chi connectivity index (χ1v) is 6.88. The standard InChI is InChI=1S/C13H22N2O3/c16-12(7-10-3-1-5-14-8-10)15-6-2-4-11(9-15)13(17)18/h10-11,14H,1-9H2,(H,17,18)/t10?,11-/m1/s1. The number of aliphatic carboxylic acids is 1. The van der Waals surface area contributed by atoms with E-state index < -0.39 is 5.97 Å². The average molecular weight is 254 g/mol. The molecule has 5 heteroatoms. The first-order chi connectivity index (χ1) is 8.66. The molecule has 2 rings (SSSR count). The molecule has 2 heterocycles. The summed E-state index contributed by atoms with van der Waals surface area (Å²) in [6, 6.07) is 0. The molecule has 0 radical (unpaired) electrons. The van der Waals surface area contributed by atoms with E-state index in [1.54, 1.807) is 4.90 Å². The zero-order chi connectivity index (χ0) is 13.0. The maximum atomic E-state index is 12.1. The van der Waals surface area contributed by atoms with E-state index in [9.17, 15) is 9.59 Å². The van der Waals surface area contributed by atoms with Crippen molar-refractivity contribution in [1.29, 1.82) is 0 Å². The number of carbonyl (C=O) groups excluding carboxylic acids is 1. The molecule has 2 saturated heterocycles. The summed E-state index contributed by atoms with van der Waals surface area (Å²) in [5, 5.41) is 12.3. The number of amides is 1. The van der Waals surface area contributed by atoms with Crippen LogP contribution in [0.5, 0.6) is 0 Å². The number of hydrogen-bond donors (Lipinski definition) is 2. The van der Waals surface area contributed by atoms with E-state index in [1.165, 1.54) is 0 Å². The highest BCUT2D eigenvalue weighted by atomic mass is 16.4. The Kier molecular flexibility index (Phi) is 4.58. The quantitative estimate of drug-likeness (QED) is 0.778. The molecular weight excluding hydrogens is 232 g/mol. The van der Waals surface area contributed by atoms with Crippen LogP contribution in [0.4, 0.5) is 0 Å². The third-order valence-corrected chi connectivity index (χ3v) is 3.99. The first-order valence-electron chi connectivity index (χ1n) is 6.88. The van der Waals surface area contributed by atoms with Gasteiger partial charge in [0.2, 0.25) is 5.91 Å². The third-order valence-electron chi connectivity index (χ3n) is 3.99. The number of hydrogen-bond acceptors (Lipinski definition) is 3. The van der Waals surface area contributed by atoms with Gasteiger partial charge < -0.3 is 15.3 Å². The molecule has 18 heavy (non-hydrogen) atoms. The fourth-order valence-corrected chi connectivity index (χ4v) is 2.88. The van der Waals surface area contributed by atoms with Crippen molar-refractivity contribution in [1.82, 2.24) is 10.2 Å². The second-order valence-electron chi connectivity index (χ2n) is 5.43. The highest BCUT2D eigenvalue weighted by molar-refractivity contribution is 5.78. The lowest BCUT2D eigenvalue weighted by atomic mass is 9.93. The van der Waals surface area contributed by atoms with Gasteiger partial charge in [-0.25, -0.2) is 0 Å². The van der Waals surface area contributed by atoms with Crippen molar-refractivity contribution in [2.45, 2.75) is 32.1 Å². The van der Waals surface area contributed by atoms with Crippen molar-refractivity contribution < 1.29 is 14.7 Å². The van der Waals surface area contributed by atoms with Crippen LogP contribution in [0, 0.1) is 11.8 Å². The summed E-state index contributed by atoms with van der Waals surface area (Å²) in [5.41, 5.74) is 0. The van der Waals surface area contributed by atoms with Gasteiger partial charge in [0.25, 0.3) is 0 Å². The summed E-state index contributed by atoms with van der Waals surface area (Å²) in [7, 11) is 0. The summed E-state index contributed by atoms with van der Waals surface area (Å²) in [6.07, 6.45) is 4.32. The van der Waals surface area contributed by atoms with Crippen LogP contribution in [0.1, 0.15) is 32.1 Å². The monoisotopic (exact) mass is 254 g/mol. The first kappa shape index (κ1) is 13.3. The van der Waals surface area contributed by atoms with E-state index in [2.05, 4.69) is 5.32 Å². The van der Waals surface area contributed by atoms with Crippen LogP contribution in [0.25, 0.3) is 0 Å². The molecule has 5 nitrogen and oxygen atoms in total. The van der Waals surface area contributed by atoms with Gasteiger partial charge in [-0.3, -0.25) is 9.59 Å². The molecule has 0 aliphatic carbocycles. The molecule has 2 N–H and O–H groups in total. The molecule has 2 aliphatic rings. The van der Waals surface area contributed by atoms with Gasteiger partial charge >= 0.3 is 5.97 Å². The molecular formula is C13H22N2O3. The number of rotatable bonds is 3. The molecule has 0 aromatic rings. The summed E-state index contributed by atoms with van der Waals surface area (Å²) < 4.78 is 0. The lowest BCUT2D eigenvalue weighted by Crippen LogP contribution is -2.43. The molecule has 0 aromatic heterocycles. The third kappa shape index (κ3) is 3.45. The highest BCUT2D eigenvalue weighted by Crippen LogP contribution is 2.20. The topological polar surface area (TPSA) is 69.6 Å². The molecule has 2 aliphatic heterocycles. The largest absolute Gasteiger partial charge is 0.481 e. The fourth-order valence-electron chi connectivity index (χ4n) is 2.88. The molecule has 0 saturated carbocycles. The molecule has 2 fully saturated rings. The minimum absolute atomic E-state index is 0.134. The Morgan fingerprint density at radius 1 is 1.28 bits per heavy atom. The Morgan fingerprint density at radius 2 is 2.11 bits per heavy atom. The van der Waals surface area contributed by atoms with Gasteiger partial charge in [0.15, 0.2) is 0 Å². The van der Waals surface area contributed by atoms with Gasteiger partial charge in [0, 0.05) is 19.5 Å². The zero-order valence-corrected chi connectivity index (χ0v) is 10.7. The van der Waals surface area contributed by atoms with Crippen LogP contribution < -0.4 is 5.32 Å². The van der Waals surface area contributed by atoms with Crippen LogP contribution in [0.3, 0.4) is 0 Å². The second-order valence-corrected chi connectivity index (χ2v) is 5.43. The van der Waals surface area contributed by atoms with Crippen LogP contribution in [-0.4, -0.2) is 48.1 Å².